The molecule has 1 aliphatic rings. The molecule has 1 amide bonds. The van der Waals surface area contributed by atoms with Gasteiger partial charge in [0.25, 0.3) is 0 Å². The predicted molar refractivity (Wildman–Crippen MR) is 56.6 cm³/mol. The van der Waals surface area contributed by atoms with Gasteiger partial charge in [-0.25, -0.2) is 4.79 Å². The largest absolute Gasteiger partial charge is 0.467 e. The maximum absolute atomic E-state index is 11.5. The molecule has 0 aliphatic carbocycles. The molecule has 1 saturated heterocycles. The molecule has 16 heavy (non-hydrogen) atoms. The number of carbonyl (C=O) groups is 2. The van der Waals surface area contributed by atoms with Gasteiger partial charge in [-0.2, -0.15) is 0 Å². The summed E-state index contributed by atoms with van der Waals surface area (Å²) >= 11 is 0. The number of hydrogen-bond acceptors (Lipinski definition) is 5. The SMILES string of the molecule is COC(=O)C(O)CNC(=O)C(C)=C1CNC1. The van der Waals surface area contributed by atoms with E-state index in [2.05, 4.69) is 15.4 Å². The molecule has 6 heteroatoms. The Morgan fingerprint density at radius 1 is 1.56 bits per heavy atom. The van der Waals surface area contributed by atoms with Crippen LogP contribution in [0.3, 0.4) is 0 Å². The first-order valence-electron chi connectivity index (χ1n) is 4.99. The van der Waals surface area contributed by atoms with Crippen molar-refractivity contribution in [3.63, 3.8) is 0 Å². The standard InChI is InChI=1S/C10H16N2O4/c1-6(7-3-11-4-7)9(14)12-5-8(13)10(15)16-2/h8,11,13H,3-5H2,1-2H3,(H,12,14). The minimum absolute atomic E-state index is 0.135. The Morgan fingerprint density at radius 3 is 2.62 bits per heavy atom. The van der Waals surface area contributed by atoms with E-state index in [0.29, 0.717) is 5.57 Å². The van der Waals surface area contributed by atoms with Crippen molar-refractivity contribution in [3.8, 4) is 0 Å². The van der Waals surface area contributed by atoms with Crippen LogP contribution in [0.15, 0.2) is 11.1 Å². The molecule has 1 aliphatic heterocycles. The van der Waals surface area contributed by atoms with Crippen molar-refractivity contribution in [1.29, 1.82) is 0 Å². The summed E-state index contributed by atoms with van der Waals surface area (Å²) in [6.07, 6.45) is -1.31. The molecule has 3 N–H and O–H groups in total. The molecule has 6 nitrogen and oxygen atoms in total. The van der Waals surface area contributed by atoms with Crippen molar-refractivity contribution >= 4 is 11.9 Å². The van der Waals surface area contributed by atoms with Gasteiger partial charge in [0.2, 0.25) is 5.91 Å². The lowest BCUT2D eigenvalue weighted by atomic mass is 10.0. The number of ether oxygens (including phenoxy) is 1. The summed E-state index contributed by atoms with van der Waals surface area (Å²) in [6.45, 7) is 3.03. The highest BCUT2D eigenvalue weighted by atomic mass is 16.5. The third-order valence-corrected chi connectivity index (χ3v) is 2.48. The van der Waals surface area contributed by atoms with Crippen LogP contribution in [0, 0.1) is 0 Å². The van der Waals surface area contributed by atoms with Crippen LogP contribution in [0.25, 0.3) is 0 Å². The first kappa shape index (κ1) is 12.7. The van der Waals surface area contributed by atoms with Crippen molar-refractivity contribution in [2.24, 2.45) is 0 Å². The van der Waals surface area contributed by atoms with E-state index in [4.69, 9.17) is 0 Å². The zero-order valence-electron chi connectivity index (χ0n) is 9.37. The van der Waals surface area contributed by atoms with Crippen LogP contribution in [0.4, 0.5) is 0 Å². The first-order valence-corrected chi connectivity index (χ1v) is 4.99. The lowest BCUT2D eigenvalue weighted by Crippen LogP contribution is -2.40. The Bertz CT molecular complexity index is 319. The number of rotatable bonds is 4. The Morgan fingerprint density at radius 2 is 2.19 bits per heavy atom. The molecule has 0 aromatic heterocycles. The molecule has 90 valence electrons. The van der Waals surface area contributed by atoms with Gasteiger partial charge in [-0.15, -0.1) is 0 Å². The Kier molecular flexibility index (Phi) is 4.45. The maximum Gasteiger partial charge on any atom is 0.336 e. The van der Waals surface area contributed by atoms with Crippen LogP contribution < -0.4 is 10.6 Å². The normalized spacial score (nSPS) is 16.1. The number of nitrogens with one attached hydrogen (secondary N) is 2. The predicted octanol–water partition coefficient (Wildman–Crippen LogP) is -1.44. The average molecular weight is 228 g/mol. The zero-order chi connectivity index (χ0) is 12.1. The van der Waals surface area contributed by atoms with Gasteiger partial charge in [0, 0.05) is 18.7 Å². The Balaban J connectivity index is 2.38. The average Bonchev–Trinajstić information content (AvgIpc) is 2.21. The van der Waals surface area contributed by atoms with E-state index in [0.717, 1.165) is 18.7 Å². The molecule has 0 spiro atoms. The maximum atomic E-state index is 11.5. The lowest BCUT2D eigenvalue weighted by Gasteiger charge is -2.21. The molecule has 0 radical (unpaired) electrons. The van der Waals surface area contributed by atoms with E-state index >= 15 is 0 Å². The Labute approximate surface area is 93.7 Å². The highest BCUT2D eigenvalue weighted by Gasteiger charge is 2.19. The fraction of sp³-hybridized carbons (Fsp3) is 0.600. The summed E-state index contributed by atoms with van der Waals surface area (Å²) < 4.78 is 4.32. The highest BCUT2D eigenvalue weighted by Crippen LogP contribution is 2.08. The third kappa shape index (κ3) is 3.04. The van der Waals surface area contributed by atoms with Crippen LogP contribution in [-0.2, 0) is 14.3 Å². The van der Waals surface area contributed by atoms with Crippen LogP contribution in [0.2, 0.25) is 0 Å². The molecule has 0 aromatic rings. The summed E-state index contributed by atoms with van der Waals surface area (Å²) in [7, 11) is 1.18. The third-order valence-electron chi connectivity index (χ3n) is 2.48. The van der Waals surface area contributed by atoms with E-state index in [1.165, 1.54) is 7.11 Å². The van der Waals surface area contributed by atoms with Gasteiger partial charge in [-0.3, -0.25) is 4.79 Å². The molecule has 0 bridgehead atoms. The summed E-state index contributed by atoms with van der Waals surface area (Å²) in [5, 5.41) is 14.7. The first-order chi connectivity index (χ1) is 7.56. The molecular formula is C10H16N2O4. The van der Waals surface area contributed by atoms with Gasteiger partial charge in [-0.05, 0) is 12.5 Å². The lowest BCUT2D eigenvalue weighted by molar-refractivity contribution is -0.150. The fourth-order valence-corrected chi connectivity index (χ4v) is 1.22. The number of hydrogen-bond donors (Lipinski definition) is 3. The number of methoxy groups -OCH3 is 1. The molecular weight excluding hydrogens is 212 g/mol. The van der Waals surface area contributed by atoms with E-state index < -0.39 is 12.1 Å². The molecule has 1 heterocycles. The van der Waals surface area contributed by atoms with Crippen LogP contribution in [0.5, 0.6) is 0 Å². The molecule has 1 rings (SSSR count). The van der Waals surface area contributed by atoms with Crippen LogP contribution >= 0.6 is 0 Å². The Hall–Kier alpha value is -1.40. The molecule has 1 fully saturated rings. The van der Waals surface area contributed by atoms with Crippen LogP contribution in [-0.4, -0.2) is 49.8 Å². The minimum atomic E-state index is -1.31. The van der Waals surface area contributed by atoms with Gasteiger partial charge in [-0.1, -0.05) is 0 Å². The van der Waals surface area contributed by atoms with Crippen molar-refractivity contribution < 1.29 is 19.4 Å². The van der Waals surface area contributed by atoms with Crippen molar-refractivity contribution in [3.05, 3.63) is 11.1 Å². The van der Waals surface area contributed by atoms with Gasteiger partial charge >= 0.3 is 5.97 Å². The minimum Gasteiger partial charge on any atom is -0.467 e. The van der Waals surface area contributed by atoms with Gasteiger partial charge in [0.1, 0.15) is 0 Å². The van der Waals surface area contributed by atoms with Gasteiger partial charge < -0.3 is 20.5 Å². The molecule has 0 aromatic carbocycles. The monoisotopic (exact) mass is 228 g/mol. The second-order valence-corrected chi connectivity index (χ2v) is 3.58. The summed E-state index contributed by atoms with van der Waals surface area (Å²) in [5.41, 5.74) is 1.68. The molecule has 0 saturated carbocycles. The fourth-order valence-electron chi connectivity index (χ4n) is 1.22. The van der Waals surface area contributed by atoms with Crippen LogP contribution in [0.1, 0.15) is 6.92 Å². The highest BCUT2D eigenvalue weighted by molar-refractivity contribution is 5.94. The zero-order valence-corrected chi connectivity index (χ0v) is 9.37. The van der Waals surface area contributed by atoms with Crippen molar-refractivity contribution in [2.45, 2.75) is 13.0 Å². The van der Waals surface area contributed by atoms with E-state index in [-0.39, 0.29) is 12.5 Å². The van der Waals surface area contributed by atoms with E-state index in [1.807, 2.05) is 0 Å². The number of esters is 1. The van der Waals surface area contributed by atoms with Gasteiger partial charge in [0.05, 0.1) is 13.7 Å². The second kappa shape index (κ2) is 5.62. The summed E-state index contributed by atoms with van der Waals surface area (Å²) in [4.78, 5) is 22.4. The van der Waals surface area contributed by atoms with Crippen molar-refractivity contribution in [1.82, 2.24) is 10.6 Å². The number of aliphatic hydroxyl groups is 1. The smallest absolute Gasteiger partial charge is 0.336 e. The van der Waals surface area contributed by atoms with Crippen molar-refractivity contribution in [2.75, 3.05) is 26.7 Å². The van der Waals surface area contributed by atoms with Gasteiger partial charge in [0.15, 0.2) is 6.10 Å². The quantitative estimate of drug-likeness (QED) is 0.405. The molecule has 1 atom stereocenters. The second-order valence-electron chi connectivity index (χ2n) is 3.58. The summed E-state index contributed by atoms with van der Waals surface area (Å²) in [6, 6.07) is 0. The topological polar surface area (TPSA) is 87.7 Å². The summed E-state index contributed by atoms with van der Waals surface area (Å²) in [5.74, 6) is -1.02. The number of carbonyl (C=O) groups excluding carboxylic acids is 2. The van der Waals surface area contributed by atoms with E-state index in [9.17, 15) is 14.7 Å². The number of aliphatic hydroxyl groups excluding tert-OH is 1. The van der Waals surface area contributed by atoms with E-state index in [1.54, 1.807) is 6.92 Å². The molecule has 1 unspecified atom stereocenters. The number of amides is 1.